The number of fused-ring (bicyclic) bond motifs is 2. The summed E-state index contributed by atoms with van der Waals surface area (Å²) in [6.45, 7) is 3.89. The van der Waals surface area contributed by atoms with Gasteiger partial charge in [-0.1, -0.05) is 12.5 Å². The zero-order chi connectivity index (χ0) is 17.4. The number of carbonyl (C=O) groups excluding carboxylic acids is 1. The van der Waals surface area contributed by atoms with Gasteiger partial charge < -0.3 is 19.7 Å². The highest BCUT2D eigenvalue weighted by Crippen LogP contribution is 2.72. The maximum atomic E-state index is 12.9. The van der Waals surface area contributed by atoms with Gasteiger partial charge in [-0.05, 0) is 36.5 Å². The molecule has 0 radical (unpaired) electrons. The van der Waals surface area contributed by atoms with Crippen molar-refractivity contribution in [2.75, 3.05) is 0 Å². The first-order valence-corrected chi connectivity index (χ1v) is 9.11. The molecule has 1 unspecified atom stereocenters. The molecule has 7 aliphatic rings. The average molecular weight is 344 g/mol. The third kappa shape index (κ3) is 1.24. The minimum Gasteiger partial charge on any atom is -0.481 e. The quantitative estimate of drug-likeness (QED) is 0.691. The first-order valence-electron chi connectivity index (χ1n) is 9.11. The summed E-state index contributed by atoms with van der Waals surface area (Å²) in [5, 5.41) is 20.5. The zero-order valence-electron chi connectivity index (χ0n) is 14.1. The third-order valence-corrected chi connectivity index (χ3v) is 8.09. The lowest BCUT2D eigenvalue weighted by molar-refractivity contribution is -0.220. The SMILES string of the molecule is CC1=C2C3=C(CC[C@]45C(=O)O[C@@H]6[C@H]([C@@H]34)[C@H]2O[C@H]6C5C)[C@@H](O)[C@H]1C(=O)O. The van der Waals surface area contributed by atoms with Gasteiger partial charge in [0, 0.05) is 17.8 Å². The molecule has 0 aromatic heterocycles. The van der Waals surface area contributed by atoms with Gasteiger partial charge in [0.05, 0.1) is 23.7 Å². The van der Waals surface area contributed by atoms with Crippen LogP contribution < -0.4 is 0 Å². The Bertz CT molecular complexity index is 824. The molecule has 5 fully saturated rings. The fourth-order valence-corrected chi connectivity index (χ4v) is 7.14. The molecular weight excluding hydrogens is 324 g/mol. The molecule has 0 amide bonds. The molecule has 2 N–H and O–H groups in total. The summed E-state index contributed by atoms with van der Waals surface area (Å²) in [6.07, 6.45) is -0.365. The third-order valence-electron chi connectivity index (χ3n) is 8.09. The highest BCUT2D eigenvalue weighted by Gasteiger charge is 2.78. The minimum atomic E-state index is -1.00. The van der Waals surface area contributed by atoms with E-state index in [4.69, 9.17) is 9.47 Å². The number of aliphatic carboxylic acids is 1. The lowest BCUT2D eigenvalue weighted by Crippen LogP contribution is -2.66. The Morgan fingerprint density at radius 3 is 2.76 bits per heavy atom. The maximum absolute atomic E-state index is 12.9. The number of aliphatic hydroxyl groups excluding tert-OH is 1. The van der Waals surface area contributed by atoms with Crippen molar-refractivity contribution in [1.29, 1.82) is 0 Å². The molecule has 6 nitrogen and oxygen atoms in total. The van der Waals surface area contributed by atoms with Crippen LogP contribution in [0.1, 0.15) is 26.7 Å². The summed E-state index contributed by atoms with van der Waals surface area (Å²) in [6, 6.07) is 0. The van der Waals surface area contributed by atoms with E-state index in [1.807, 2.05) is 0 Å². The van der Waals surface area contributed by atoms with Crippen molar-refractivity contribution in [1.82, 2.24) is 0 Å². The van der Waals surface area contributed by atoms with Crippen LogP contribution in [-0.2, 0) is 19.1 Å². The Balaban J connectivity index is 1.67. The van der Waals surface area contributed by atoms with Crippen molar-refractivity contribution in [3.05, 3.63) is 22.3 Å². The molecule has 3 saturated heterocycles. The van der Waals surface area contributed by atoms with Crippen LogP contribution in [0.15, 0.2) is 22.3 Å². The van der Waals surface area contributed by atoms with Gasteiger partial charge >= 0.3 is 11.9 Å². The van der Waals surface area contributed by atoms with Crippen LogP contribution in [-0.4, -0.2) is 46.6 Å². The molecular formula is C19H20O6. The molecule has 3 heterocycles. The predicted octanol–water partition coefficient (Wildman–Crippen LogP) is 1.04. The van der Waals surface area contributed by atoms with E-state index in [2.05, 4.69) is 6.92 Å². The van der Waals surface area contributed by atoms with Gasteiger partial charge in [-0.25, -0.2) is 0 Å². The molecule has 9 atom stereocenters. The average Bonchev–Trinajstić information content (AvgIpc) is 3.05. The summed E-state index contributed by atoms with van der Waals surface area (Å²) < 4.78 is 12.2. The standard InChI is InChI=1S/C19H20O6/c1-5-8-10-7(13(20)9(5)17(21)22)3-4-19-6(2)14-16(25-18(19)23)11(12(10)19)15(8)24-14/h6,9,11-16,20H,3-4H2,1-2H3,(H,21,22)/t6?,9-,11+,12+,13+,14-,15-,16+,19+/m0/s1. The fraction of sp³-hybridized carbons (Fsp3) is 0.684. The number of rotatable bonds is 1. The Hall–Kier alpha value is -1.66. The van der Waals surface area contributed by atoms with Crippen LogP contribution >= 0.6 is 0 Å². The van der Waals surface area contributed by atoms with Gasteiger partial charge in [0.2, 0.25) is 0 Å². The van der Waals surface area contributed by atoms with Crippen molar-refractivity contribution in [2.45, 2.75) is 51.1 Å². The summed E-state index contributed by atoms with van der Waals surface area (Å²) in [7, 11) is 0. The minimum absolute atomic E-state index is 0.00981. The van der Waals surface area contributed by atoms with Crippen LogP contribution in [0.3, 0.4) is 0 Å². The molecule has 1 spiro atoms. The molecule has 4 aliphatic carbocycles. The molecule has 0 aromatic rings. The molecule has 25 heavy (non-hydrogen) atoms. The Labute approximate surface area is 144 Å². The fourth-order valence-electron chi connectivity index (χ4n) is 7.14. The molecule has 132 valence electrons. The Morgan fingerprint density at radius 2 is 2.04 bits per heavy atom. The number of carbonyl (C=O) groups is 2. The van der Waals surface area contributed by atoms with Crippen LogP contribution in [0.4, 0.5) is 0 Å². The second-order valence-corrected chi connectivity index (χ2v) is 8.57. The monoisotopic (exact) mass is 344 g/mol. The first kappa shape index (κ1) is 14.5. The number of esters is 1. The summed E-state index contributed by atoms with van der Waals surface area (Å²) in [5.41, 5.74) is 2.93. The van der Waals surface area contributed by atoms with Crippen molar-refractivity contribution >= 4 is 11.9 Å². The van der Waals surface area contributed by atoms with Gasteiger partial charge in [0.1, 0.15) is 12.0 Å². The van der Waals surface area contributed by atoms with Crippen molar-refractivity contribution in [3.63, 3.8) is 0 Å². The normalized spacial score (nSPS) is 54.3. The molecule has 2 saturated carbocycles. The number of carboxylic acids is 1. The van der Waals surface area contributed by atoms with Crippen LogP contribution in [0.5, 0.6) is 0 Å². The largest absolute Gasteiger partial charge is 0.481 e. The van der Waals surface area contributed by atoms with E-state index in [0.717, 1.165) is 16.7 Å². The number of ether oxygens (including phenoxy) is 2. The highest BCUT2D eigenvalue weighted by atomic mass is 16.6. The molecule has 7 rings (SSSR count). The van der Waals surface area contributed by atoms with E-state index in [-0.39, 0.29) is 42.0 Å². The van der Waals surface area contributed by atoms with Crippen molar-refractivity contribution in [3.8, 4) is 0 Å². The van der Waals surface area contributed by atoms with E-state index in [9.17, 15) is 19.8 Å². The van der Waals surface area contributed by atoms with E-state index >= 15 is 0 Å². The van der Waals surface area contributed by atoms with Gasteiger partial charge in [-0.2, -0.15) is 0 Å². The van der Waals surface area contributed by atoms with E-state index in [1.54, 1.807) is 6.92 Å². The molecule has 6 heteroatoms. The maximum Gasteiger partial charge on any atom is 0.313 e. The van der Waals surface area contributed by atoms with Crippen LogP contribution in [0.25, 0.3) is 0 Å². The number of hydrogen-bond donors (Lipinski definition) is 2. The smallest absolute Gasteiger partial charge is 0.313 e. The van der Waals surface area contributed by atoms with E-state index < -0.39 is 23.4 Å². The van der Waals surface area contributed by atoms with Crippen molar-refractivity contribution < 1.29 is 29.3 Å². The van der Waals surface area contributed by atoms with Crippen LogP contribution in [0, 0.1) is 29.1 Å². The predicted molar refractivity (Wildman–Crippen MR) is 83.2 cm³/mol. The number of aliphatic hydroxyl groups is 1. The second-order valence-electron chi connectivity index (χ2n) is 8.57. The van der Waals surface area contributed by atoms with Crippen molar-refractivity contribution in [2.24, 2.45) is 29.1 Å². The lowest BCUT2D eigenvalue weighted by atomic mass is 9.49. The van der Waals surface area contributed by atoms with Gasteiger partial charge in [-0.3, -0.25) is 9.59 Å². The zero-order valence-corrected chi connectivity index (χ0v) is 14.1. The van der Waals surface area contributed by atoms with Crippen LogP contribution in [0.2, 0.25) is 0 Å². The number of carboxylic acid groups (broad SMARTS) is 1. The Kier molecular flexibility index (Phi) is 2.33. The van der Waals surface area contributed by atoms with Gasteiger partial charge in [0.15, 0.2) is 0 Å². The second kappa shape index (κ2) is 4.01. The Morgan fingerprint density at radius 1 is 1.28 bits per heavy atom. The summed E-state index contributed by atoms with van der Waals surface area (Å²) in [4.78, 5) is 24.7. The van der Waals surface area contributed by atoms with Gasteiger partial charge in [-0.15, -0.1) is 0 Å². The van der Waals surface area contributed by atoms with E-state index in [1.165, 1.54) is 0 Å². The molecule has 4 bridgehead atoms. The summed E-state index contributed by atoms with van der Waals surface area (Å²) in [5.74, 6) is -1.86. The summed E-state index contributed by atoms with van der Waals surface area (Å²) >= 11 is 0. The van der Waals surface area contributed by atoms with E-state index in [0.29, 0.717) is 18.4 Å². The molecule has 0 aromatic carbocycles. The van der Waals surface area contributed by atoms with Gasteiger partial charge in [0.25, 0.3) is 0 Å². The topological polar surface area (TPSA) is 93.1 Å². The highest BCUT2D eigenvalue weighted by molar-refractivity contribution is 5.85. The lowest BCUT2D eigenvalue weighted by Gasteiger charge is -2.58. The molecule has 3 aliphatic heterocycles. The first-order chi connectivity index (χ1) is 11.9. The number of hydrogen-bond acceptors (Lipinski definition) is 5.